The summed E-state index contributed by atoms with van der Waals surface area (Å²) in [6.07, 6.45) is 11.9. The molecular weight excluding hydrogens is 651 g/mol. The Balaban J connectivity index is 1.06. The Morgan fingerprint density at radius 2 is 1.54 bits per heavy atom. The fraction of sp³-hybridized carbons (Fsp3) is 0.415. The molecule has 0 bridgehead atoms. The van der Waals surface area contributed by atoms with E-state index in [1.54, 1.807) is 0 Å². The summed E-state index contributed by atoms with van der Waals surface area (Å²) in [4.78, 5) is 58.3. The number of nitrogens with one attached hydrogen (secondary N) is 2. The van der Waals surface area contributed by atoms with Gasteiger partial charge in [-0.15, -0.1) is 0 Å². The number of amides is 2. The molecule has 2 aliphatic rings. The SMILES string of the molecule is CCN(CC)[C@@H](C(=O)N1CCC[C@H]1c1ncc(-c2ccc(-c3ncc(-c4cnc([C@@]5(C(C)(C)C)CCCN5C=O)[nH]4)cn3)cc2)[nH]1)c1ccccc1. The predicted molar refractivity (Wildman–Crippen MR) is 202 cm³/mol. The Hall–Kier alpha value is -5.16. The van der Waals surface area contributed by atoms with Crippen LogP contribution in [-0.4, -0.2) is 83.1 Å². The molecule has 0 unspecified atom stereocenters. The number of H-pyrrole nitrogens is 2. The zero-order valence-corrected chi connectivity index (χ0v) is 30.8. The van der Waals surface area contributed by atoms with E-state index >= 15 is 0 Å². The second kappa shape index (κ2) is 14.5. The Bertz CT molecular complexity index is 1980. The monoisotopic (exact) mass is 699 g/mol. The molecule has 0 aliphatic carbocycles. The Labute approximate surface area is 305 Å². The van der Waals surface area contributed by atoms with Crippen LogP contribution in [0.25, 0.3) is 33.9 Å². The molecule has 5 aromatic rings. The molecule has 7 rings (SSSR count). The molecule has 2 aliphatic heterocycles. The van der Waals surface area contributed by atoms with Crippen LogP contribution in [0, 0.1) is 5.41 Å². The highest BCUT2D eigenvalue weighted by molar-refractivity contribution is 5.84. The van der Waals surface area contributed by atoms with Crippen LogP contribution in [-0.2, 0) is 15.1 Å². The summed E-state index contributed by atoms with van der Waals surface area (Å²) in [5.41, 5.74) is 4.78. The Morgan fingerprint density at radius 1 is 0.865 bits per heavy atom. The van der Waals surface area contributed by atoms with Gasteiger partial charge < -0.3 is 19.8 Å². The minimum absolute atomic E-state index is 0.0960. The topological polar surface area (TPSA) is 127 Å². The number of carbonyl (C=O) groups excluding carboxylic acids is 2. The van der Waals surface area contributed by atoms with Crippen molar-refractivity contribution in [3.05, 3.63) is 96.6 Å². The average Bonchev–Trinajstić information content (AvgIpc) is 4.00. The summed E-state index contributed by atoms with van der Waals surface area (Å²) in [5, 5.41) is 0. The summed E-state index contributed by atoms with van der Waals surface area (Å²) in [6.45, 7) is 13.7. The molecule has 0 radical (unpaired) electrons. The van der Waals surface area contributed by atoms with Crippen molar-refractivity contribution in [2.45, 2.75) is 77.9 Å². The lowest BCUT2D eigenvalue weighted by atomic mass is 9.71. The standard InChI is InChI=1S/C41H49N9O2/c1-6-48(7-2)35(29-13-9-8-10-14-29)38(52)50-22-11-15-34(50)37-44-25-32(46-37)28-16-18-30(19-17-28)36-42-23-31(24-43-36)33-26-45-39(47-33)41(40(3,4)5)20-12-21-49(41)27-51/h8-10,13-14,16-19,23-27,34-35H,6-7,11-12,15,20-22H2,1-5H3,(H,44,46)(H,45,47)/t34-,35+,41+/m0/s1. The minimum atomic E-state index is -0.491. The predicted octanol–water partition coefficient (Wildman–Crippen LogP) is 7.16. The van der Waals surface area contributed by atoms with Crippen molar-refractivity contribution in [2.75, 3.05) is 26.2 Å². The molecule has 52 heavy (non-hydrogen) atoms. The maximum atomic E-state index is 14.2. The van der Waals surface area contributed by atoms with Gasteiger partial charge in [0.15, 0.2) is 5.82 Å². The van der Waals surface area contributed by atoms with Gasteiger partial charge in [-0.2, -0.15) is 0 Å². The molecule has 11 heteroatoms. The van der Waals surface area contributed by atoms with Crippen LogP contribution in [0.4, 0.5) is 0 Å². The molecule has 270 valence electrons. The van der Waals surface area contributed by atoms with Gasteiger partial charge in [0.1, 0.15) is 23.2 Å². The van der Waals surface area contributed by atoms with Gasteiger partial charge in [-0.05, 0) is 55.3 Å². The molecule has 3 aromatic heterocycles. The van der Waals surface area contributed by atoms with Gasteiger partial charge in [-0.1, -0.05) is 89.2 Å². The maximum absolute atomic E-state index is 14.2. The fourth-order valence-corrected chi connectivity index (χ4v) is 8.35. The van der Waals surface area contributed by atoms with Crippen molar-refractivity contribution in [2.24, 2.45) is 5.41 Å². The highest BCUT2D eigenvalue weighted by Gasteiger charge is 2.52. The zero-order valence-electron chi connectivity index (χ0n) is 30.8. The largest absolute Gasteiger partial charge is 0.340 e. The lowest BCUT2D eigenvalue weighted by Gasteiger charge is -2.45. The van der Waals surface area contributed by atoms with Gasteiger partial charge in [-0.3, -0.25) is 14.5 Å². The molecule has 2 N–H and O–H groups in total. The molecule has 2 fully saturated rings. The number of rotatable bonds is 11. The molecule has 2 aromatic carbocycles. The summed E-state index contributed by atoms with van der Waals surface area (Å²) in [6, 6.07) is 17.8. The number of likely N-dealkylation sites (N-methyl/N-ethyl adjacent to an activating group) is 1. The van der Waals surface area contributed by atoms with Crippen LogP contribution < -0.4 is 0 Å². The molecule has 0 saturated carbocycles. The number of aromatic nitrogens is 6. The smallest absolute Gasteiger partial charge is 0.245 e. The first-order valence-corrected chi connectivity index (χ1v) is 18.5. The lowest BCUT2D eigenvalue weighted by molar-refractivity contribution is -0.138. The molecule has 2 saturated heterocycles. The third kappa shape index (κ3) is 6.31. The molecular formula is C41H49N9O2. The van der Waals surface area contributed by atoms with E-state index in [1.165, 1.54) is 0 Å². The van der Waals surface area contributed by atoms with Gasteiger partial charge in [0, 0.05) is 36.6 Å². The lowest BCUT2D eigenvalue weighted by Crippen LogP contribution is -2.50. The fourth-order valence-electron chi connectivity index (χ4n) is 8.35. The van der Waals surface area contributed by atoms with Crippen LogP contribution >= 0.6 is 0 Å². The molecule has 2 amide bonds. The number of benzene rings is 2. The summed E-state index contributed by atoms with van der Waals surface area (Å²) in [5.74, 6) is 2.36. The number of imidazole rings is 2. The van der Waals surface area contributed by atoms with E-state index in [2.05, 4.69) is 71.6 Å². The first-order chi connectivity index (χ1) is 25.2. The summed E-state index contributed by atoms with van der Waals surface area (Å²) < 4.78 is 0. The quantitative estimate of drug-likeness (QED) is 0.140. The third-order valence-electron chi connectivity index (χ3n) is 11.2. The van der Waals surface area contributed by atoms with Gasteiger partial charge in [-0.25, -0.2) is 19.9 Å². The van der Waals surface area contributed by atoms with E-state index in [-0.39, 0.29) is 23.4 Å². The highest BCUT2D eigenvalue weighted by atomic mass is 16.2. The second-order valence-corrected chi connectivity index (χ2v) is 14.9. The van der Waals surface area contributed by atoms with E-state index in [0.717, 1.165) is 104 Å². The van der Waals surface area contributed by atoms with Crippen LogP contribution in [0.2, 0.25) is 0 Å². The van der Waals surface area contributed by atoms with Crippen LogP contribution in [0.15, 0.2) is 79.4 Å². The molecule has 0 spiro atoms. The number of aromatic amines is 2. The zero-order chi connectivity index (χ0) is 36.5. The number of hydrogen-bond acceptors (Lipinski definition) is 7. The van der Waals surface area contributed by atoms with Crippen molar-refractivity contribution < 1.29 is 9.59 Å². The number of hydrogen-bond donors (Lipinski definition) is 2. The summed E-state index contributed by atoms with van der Waals surface area (Å²) in [7, 11) is 0. The third-order valence-corrected chi connectivity index (χ3v) is 11.2. The molecule has 3 atom stereocenters. The normalized spacial score (nSPS) is 19.8. The van der Waals surface area contributed by atoms with Crippen LogP contribution in [0.5, 0.6) is 0 Å². The van der Waals surface area contributed by atoms with Gasteiger partial charge in [0.05, 0.1) is 29.8 Å². The van der Waals surface area contributed by atoms with Crippen molar-refractivity contribution in [1.82, 2.24) is 44.6 Å². The van der Waals surface area contributed by atoms with Crippen molar-refractivity contribution in [3.8, 4) is 33.9 Å². The molecule has 5 heterocycles. The van der Waals surface area contributed by atoms with E-state index in [1.807, 2.05) is 77.1 Å². The van der Waals surface area contributed by atoms with E-state index in [0.29, 0.717) is 5.82 Å². The second-order valence-electron chi connectivity index (χ2n) is 14.9. The number of likely N-dealkylation sites (tertiary alicyclic amines) is 2. The van der Waals surface area contributed by atoms with Crippen molar-refractivity contribution >= 4 is 12.3 Å². The Morgan fingerprint density at radius 3 is 2.21 bits per heavy atom. The number of carbonyl (C=O) groups is 2. The first kappa shape index (κ1) is 35.3. The van der Waals surface area contributed by atoms with E-state index in [9.17, 15) is 9.59 Å². The van der Waals surface area contributed by atoms with Gasteiger partial charge in [0.25, 0.3) is 0 Å². The Kier molecular flexibility index (Phi) is 9.80. The van der Waals surface area contributed by atoms with E-state index < -0.39 is 5.54 Å². The first-order valence-electron chi connectivity index (χ1n) is 18.5. The van der Waals surface area contributed by atoms with Gasteiger partial charge in [0.2, 0.25) is 12.3 Å². The van der Waals surface area contributed by atoms with Crippen molar-refractivity contribution in [3.63, 3.8) is 0 Å². The number of nitrogens with zero attached hydrogens (tertiary/aromatic N) is 7. The maximum Gasteiger partial charge on any atom is 0.245 e. The van der Waals surface area contributed by atoms with Gasteiger partial charge >= 0.3 is 0 Å². The minimum Gasteiger partial charge on any atom is -0.340 e. The van der Waals surface area contributed by atoms with Crippen molar-refractivity contribution in [1.29, 1.82) is 0 Å². The molecule has 11 nitrogen and oxygen atoms in total. The van der Waals surface area contributed by atoms with E-state index in [4.69, 9.17) is 9.97 Å². The summed E-state index contributed by atoms with van der Waals surface area (Å²) >= 11 is 0. The highest BCUT2D eigenvalue weighted by Crippen LogP contribution is 2.49. The van der Waals surface area contributed by atoms with Crippen LogP contribution in [0.3, 0.4) is 0 Å². The average molecular weight is 700 g/mol. The van der Waals surface area contributed by atoms with Crippen LogP contribution in [0.1, 0.15) is 89.6 Å².